The van der Waals surface area contributed by atoms with Gasteiger partial charge in [-0.05, 0) is 11.1 Å². The first-order valence-electron chi connectivity index (χ1n) is 6.27. The van der Waals surface area contributed by atoms with Crippen LogP contribution >= 0.6 is 0 Å². The predicted molar refractivity (Wildman–Crippen MR) is 73.2 cm³/mol. The largest absolute Gasteiger partial charge is 0.310 e. The molecule has 0 spiro atoms. The number of alkyl halides is 1. The number of hydrogen-bond acceptors (Lipinski definition) is 1. The van der Waals surface area contributed by atoms with E-state index in [2.05, 4.69) is 5.32 Å². The molecular formula is C16H18FN. The van der Waals surface area contributed by atoms with E-state index >= 15 is 0 Å². The third kappa shape index (κ3) is 4.30. The lowest BCUT2D eigenvalue weighted by atomic mass is 10.1. The van der Waals surface area contributed by atoms with Crippen LogP contribution in [0.1, 0.15) is 11.1 Å². The fourth-order valence-electron chi connectivity index (χ4n) is 1.91. The highest BCUT2D eigenvalue weighted by atomic mass is 18.2. The maximum Gasteiger partial charge on any atom is 0.117 e. The van der Waals surface area contributed by atoms with Crippen molar-refractivity contribution < 1.29 is 4.39 Å². The van der Waals surface area contributed by atoms with Gasteiger partial charge in [0.15, 0.2) is 0 Å². The summed E-state index contributed by atoms with van der Waals surface area (Å²) in [6.45, 7) is 1.11. The lowest BCUT2D eigenvalue weighted by Gasteiger charge is -2.10. The molecule has 0 amide bonds. The summed E-state index contributed by atoms with van der Waals surface area (Å²) in [5, 5.41) is 3.15. The van der Waals surface area contributed by atoms with E-state index in [4.69, 9.17) is 0 Å². The molecule has 0 fully saturated rings. The zero-order valence-corrected chi connectivity index (χ0v) is 10.4. The second-order valence-electron chi connectivity index (χ2n) is 4.40. The molecule has 1 atom stereocenters. The van der Waals surface area contributed by atoms with Gasteiger partial charge in [0.1, 0.15) is 6.17 Å². The van der Waals surface area contributed by atoms with Crippen LogP contribution in [0.15, 0.2) is 60.7 Å². The van der Waals surface area contributed by atoms with Crippen LogP contribution in [0.3, 0.4) is 0 Å². The maximum atomic E-state index is 13.7. The molecule has 1 nitrogen and oxygen atoms in total. The molecule has 1 N–H and O–H groups in total. The fraction of sp³-hybridized carbons (Fsp3) is 0.250. The zero-order chi connectivity index (χ0) is 12.6. The van der Waals surface area contributed by atoms with E-state index in [0.717, 1.165) is 12.1 Å². The highest BCUT2D eigenvalue weighted by Crippen LogP contribution is 2.05. The highest BCUT2D eigenvalue weighted by molar-refractivity contribution is 5.16. The standard InChI is InChI=1S/C16H18FN/c17-16(11-14-7-3-1-4-8-14)13-18-12-15-9-5-2-6-10-15/h1-10,16,18H,11-13H2/t16-/m0/s1/i17-1. The van der Waals surface area contributed by atoms with Gasteiger partial charge in [-0.1, -0.05) is 60.7 Å². The Balaban J connectivity index is 1.71. The lowest BCUT2D eigenvalue weighted by molar-refractivity contribution is 0.317. The van der Waals surface area contributed by atoms with E-state index in [1.54, 1.807) is 0 Å². The van der Waals surface area contributed by atoms with Gasteiger partial charge in [-0.3, -0.25) is 0 Å². The van der Waals surface area contributed by atoms with Crippen molar-refractivity contribution in [1.82, 2.24) is 5.32 Å². The molecule has 0 aromatic heterocycles. The minimum absolute atomic E-state index is 0.393. The van der Waals surface area contributed by atoms with E-state index < -0.39 is 6.17 Å². The molecule has 18 heavy (non-hydrogen) atoms. The molecule has 0 heterocycles. The number of rotatable bonds is 6. The average molecular weight is 242 g/mol. The summed E-state index contributed by atoms with van der Waals surface area (Å²) in [5.74, 6) is 0. The normalized spacial score (nSPS) is 12.3. The van der Waals surface area contributed by atoms with E-state index in [0.29, 0.717) is 13.0 Å². The Hall–Kier alpha value is -1.67. The molecule has 0 aliphatic carbocycles. The zero-order valence-electron chi connectivity index (χ0n) is 10.4. The molecule has 0 radical (unpaired) electrons. The van der Waals surface area contributed by atoms with Crippen LogP contribution in [0.2, 0.25) is 0 Å². The van der Waals surface area contributed by atoms with Crippen molar-refractivity contribution in [2.45, 2.75) is 19.1 Å². The van der Waals surface area contributed by atoms with Crippen molar-refractivity contribution in [2.24, 2.45) is 0 Å². The average Bonchev–Trinajstić information content (AvgIpc) is 2.41. The van der Waals surface area contributed by atoms with Gasteiger partial charge in [-0.15, -0.1) is 0 Å². The lowest BCUT2D eigenvalue weighted by Crippen LogP contribution is -2.25. The van der Waals surface area contributed by atoms with Gasteiger partial charge in [0.2, 0.25) is 0 Å². The minimum Gasteiger partial charge on any atom is -0.310 e. The Morgan fingerprint density at radius 2 is 1.39 bits per heavy atom. The summed E-state index contributed by atoms with van der Waals surface area (Å²) in [4.78, 5) is 0. The third-order valence-electron chi connectivity index (χ3n) is 2.84. The van der Waals surface area contributed by atoms with Crippen LogP contribution in [0.5, 0.6) is 0 Å². The van der Waals surface area contributed by atoms with Crippen molar-refractivity contribution in [3.8, 4) is 0 Å². The van der Waals surface area contributed by atoms with Crippen molar-refractivity contribution in [2.75, 3.05) is 6.54 Å². The van der Waals surface area contributed by atoms with Crippen LogP contribution in [-0.2, 0) is 13.0 Å². The highest BCUT2D eigenvalue weighted by Gasteiger charge is 2.06. The molecule has 0 saturated carbocycles. The van der Waals surface area contributed by atoms with Crippen molar-refractivity contribution >= 4 is 0 Å². The molecular weight excluding hydrogens is 224 g/mol. The summed E-state index contributed by atoms with van der Waals surface area (Å²) >= 11 is 0. The summed E-state index contributed by atoms with van der Waals surface area (Å²) in [6.07, 6.45) is -0.362. The SMILES string of the molecule is [18F][C@H](CNCc1ccccc1)Cc1ccccc1. The van der Waals surface area contributed by atoms with Gasteiger partial charge >= 0.3 is 0 Å². The first-order chi connectivity index (χ1) is 8.84. The molecule has 0 bridgehead atoms. The molecule has 2 aromatic rings. The van der Waals surface area contributed by atoms with E-state index in [-0.39, 0.29) is 0 Å². The van der Waals surface area contributed by atoms with Crippen LogP contribution in [0.4, 0.5) is 4.39 Å². The van der Waals surface area contributed by atoms with Crippen molar-refractivity contribution in [3.05, 3.63) is 71.8 Å². The van der Waals surface area contributed by atoms with Gasteiger partial charge in [0, 0.05) is 19.5 Å². The topological polar surface area (TPSA) is 12.0 Å². The van der Waals surface area contributed by atoms with Crippen LogP contribution < -0.4 is 5.32 Å². The Morgan fingerprint density at radius 3 is 2.00 bits per heavy atom. The van der Waals surface area contributed by atoms with E-state index in [1.165, 1.54) is 5.56 Å². The van der Waals surface area contributed by atoms with Gasteiger partial charge in [-0.25, -0.2) is 4.39 Å². The number of halogens is 1. The van der Waals surface area contributed by atoms with Crippen LogP contribution in [-0.4, -0.2) is 12.7 Å². The summed E-state index contributed by atoms with van der Waals surface area (Å²) in [7, 11) is 0. The Kier molecular flexibility index (Phi) is 4.91. The summed E-state index contributed by atoms with van der Waals surface area (Å²) < 4.78 is 13.7. The molecule has 0 aliphatic rings. The van der Waals surface area contributed by atoms with Gasteiger partial charge in [-0.2, -0.15) is 0 Å². The molecule has 0 unspecified atom stereocenters. The maximum absolute atomic E-state index is 13.7. The van der Waals surface area contributed by atoms with E-state index in [1.807, 2.05) is 60.7 Å². The van der Waals surface area contributed by atoms with Crippen LogP contribution in [0.25, 0.3) is 0 Å². The molecule has 94 valence electrons. The fourth-order valence-corrected chi connectivity index (χ4v) is 1.91. The van der Waals surface area contributed by atoms with Gasteiger partial charge in [0.25, 0.3) is 0 Å². The quantitative estimate of drug-likeness (QED) is 0.819. The molecule has 2 heteroatoms. The van der Waals surface area contributed by atoms with Crippen molar-refractivity contribution in [1.29, 1.82) is 0 Å². The molecule has 2 rings (SSSR count). The number of benzene rings is 2. The number of hydrogen-bond donors (Lipinski definition) is 1. The van der Waals surface area contributed by atoms with Gasteiger partial charge in [0.05, 0.1) is 0 Å². The second-order valence-corrected chi connectivity index (χ2v) is 4.40. The first kappa shape index (κ1) is 12.8. The minimum atomic E-state index is -0.837. The Morgan fingerprint density at radius 1 is 0.833 bits per heavy atom. The summed E-state index contributed by atoms with van der Waals surface area (Å²) in [5.41, 5.74) is 2.23. The third-order valence-corrected chi connectivity index (χ3v) is 2.84. The first-order valence-corrected chi connectivity index (χ1v) is 6.27. The second kappa shape index (κ2) is 6.92. The smallest absolute Gasteiger partial charge is 0.117 e. The predicted octanol–water partition coefficient (Wildman–Crippen LogP) is 3.36. The molecule has 0 aliphatic heterocycles. The Bertz CT molecular complexity index is 441. The number of nitrogens with one attached hydrogen (secondary N) is 1. The van der Waals surface area contributed by atoms with Crippen molar-refractivity contribution in [3.63, 3.8) is 0 Å². The van der Waals surface area contributed by atoms with Gasteiger partial charge < -0.3 is 5.32 Å². The van der Waals surface area contributed by atoms with Crippen LogP contribution in [0, 0.1) is 0 Å². The Labute approximate surface area is 108 Å². The summed E-state index contributed by atoms with van der Waals surface area (Å²) in [6, 6.07) is 19.8. The van der Waals surface area contributed by atoms with E-state index in [9.17, 15) is 4.39 Å². The molecule has 2 aromatic carbocycles. The molecule has 0 saturated heterocycles. The monoisotopic (exact) mass is 242 g/mol.